The first-order valence-corrected chi connectivity index (χ1v) is 7.51. The summed E-state index contributed by atoms with van der Waals surface area (Å²) in [5.74, 6) is 0.449. The molecule has 0 spiro atoms. The second kappa shape index (κ2) is 7.44. The molecule has 0 heterocycles. The van der Waals surface area contributed by atoms with Crippen LogP contribution >= 0.6 is 0 Å². The lowest BCUT2D eigenvalue weighted by Gasteiger charge is -2.28. The largest absolute Gasteiger partial charge is 0.348 e. The zero-order chi connectivity index (χ0) is 15.2. The smallest absolute Gasteiger partial charge is 0.240 e. The van der Waals surface area contributed by atoms with Crippen LogP contribution in [0.1, 0.15) is 58.6 Å². The number of hydrogen-bond acceptors (Lipinski definition) is 2. The summed E-state index contributed by atoms with van der Waals surface area (Å²) in [6, 6.07) is 10.1. The predicted molar refractivity (Wildman–Crippen MR) is 84.3 cm³/mol. The standard InChI is InChI=1S/C17H28N2O/c1-5-11-17(4,18)16(20)19-15(12-13(2)3)14-9-7-6-8-10-14/h6-10,13,15H,5,11-12,18H2,1-4H3,(H,19,20). The molecule has 2 unspecified atom stereocenters. The summed E-state index contributed by atoms with van der Waals surface area (Å²) in [5.41, 5.74) is 6.46. The fraction of sp³-hybridized carbons (Fsp3) is 0.588. The molecule has 3 nitrogen and oxygen atoms in total. The molecule has 0 bridgehead atoms. The van der Waals surface area contributed by atoms with Crippen molar-refractivity contribution in [2.45, 2.75) is 58.5 Å². The van der Waals surface area contributed by atoms with Crippen LogP contribution in [0.3, 0.4) is 0 Å². The van der Waals surface area contributed by atoms with Crippen LogP contribution < -0.4 is 11.1 Å². The topological polar surface area (TPSA) is 55.1 Å². The van der Waals surface area contributed by atoms with E-state index >= 15 is 0 Å². The zero-order valence-corrected chi connectivity index (χ0v) is 13.1. The first-order valence-electron chi connectivity index (χ1n) is 7.51. The highest BCUT2D eigenvalue weighted by Crippen LogP contribution is 2.22. The van der Waals surface area contributed by atoms with Gasteiger partial charge in [0.15, 0.2) is 0 Å². The van der Waals surface area contributed by atoms with Crippen molar-refractivity contribution in [3.63, 3.8) is 0 Å². The minimum Gasteiger partial charge on any atom is -0.348 e. The summed E-state index contributed by atoms with van der Waals surface area (Å²) >= 11 is 0. The third-order valence-electron chi connectivity index (χ3n) is 3.50. The van der Waals surface area contributed by atoms with Gasteiger partial charge < -0.3 is 11.1 Å². The quantitative estimate of drug-likeness (QED) is 0.802. The van der Waals surface area contributed by atoms with E-state index in [1.807, 2.05) is 32.0 Å². The minimum atomic E-state index is -0.793. The van der Waals surface area contributed by atoms with Gasteiger partial charge in [0.2, 0.25) is 5.91 Å². The fourth-order valence-electron chi connectivity index (χ4n) is 2.39. The van der Waals surface area contributed by atoms with Gasteiger partial charge >= 0.3 is 0 Å². The molecule has 0 aliphatic heterocycles. The summed E-state index contributed by atoms with van der Waals surface area (Å²) in [6.45, 7) is 8.18. The molecule has 3 N–H and O–H groups in total. The van der Waals surface area contributed by atoms with Crippen LogP contribution in [0, 0.1) is 5.92 Å². The predicted octanol–water partition coefficient (Wildman–Crippen LogP) is 3.41. The number of amides is 1. The summed E-state index contributed by atoms with van der Waals surface area (Å²) < 4.78 is 0. The molecular formula is C17H28N2O. The van der Waals surface area contributed by atoms with Gasteiger partial charge in [0.1, 0.15) is 0 Å². The number of rotatable bonds is 7. The van der Waals surface area contributed by atoms with Gasteiger partial charge in [-0.25, -0.2) is 0 Å². The van der Waals surface area contributed by atoms with Gasteiger partial charge in [-0.1, -0.05) is 57.5 Å². The molecule has 1 aromatic rings. The van der Waals surface area contributed by atoms with Gasteiger partial charge in [0.25, 0.3) is 0 Å². The van der Waals surface area contributed by atoms with Crippen molar-refractivity contribution >= 4 is 5.91 Å². The highest BCUT2D eigenvalue weighted by Gasteiger charge is 2.29. The Morgan fingerprint density at radius 2 is 1.90 bits per heavy atom. The van der Waals surface area contributed by atoms with Crippen LogP contribution in [0.2, 0.25) is 0 Å². The van der Waals surface area contributed by atoms with Crippen molar-refractivity contribution in [1.29, 1.82) is 0 Å². The van der Waals surface area contributed by atoms with E-state index in [1.165, 1.54) is 0 Å². The number of nitrogens with two attached hydrogens (primary N) is 1. The van der Waals surface area contributed by atoms with Crippen molar-refractivity contribution in [2.75, 3.05) is 0 Å². The molecule has 0 radical (unpaired) electrons. The van der Waals surface area contributed by atoms with Gasteiger partial charge in [0.05, 0.1) is 11.6 Å². The number of carbonyl (C=O) groups excluding carboxylic acids is 1. The summed E-state index contributed by atoms with van der Waals surface area (Å²) in [5, 5.41) is 3.13. The summed E-state index contributed by atoms with van der Waals surface area (Å²) in [7, 11) is 0. The van der Waals surface area contributed by atoms with Gasteiger partial charge in [-0.2, -0.15) is 0 Å². The van der Waals surface area contributed by atoms with Gasteiger partial charge in [0, 0.05) is 0 Å². The van der Waals surface area contributed by atoms with E-state index in [0.29, 0.717) is 12.3 Å². The van der Waals surface area contributed by atoms with E-state index in [1.54, 1.807) is 0 Å². The second-order valence-corrected chi connectivity index (χ2v) is 6.23. The van der Waals surface area contributed by atoms with Crippen LogP contribution in [0.15, 0.2) is 30.3 Å². The molecule has 20 heavy (non-hydrogen) atoms. The van der Waals surface area contributed by atoms with Crippen molar-refractivity contribution in [1.82, 2.24) is 5.32 Å². The molecule has 0 aliphatic carbocycles. The van der Waals surface area contributed by atoms with Crippen molar-refractivity contribution in [3.8, 4) is 0 Å². The van der Waals surface area contributed by atoms with Gasteiger partial charge in [-0.15, -0.1) is 0 Å². The van der Waals surface area contributed by atoms with Gasteiger partial charge in [-0.05, 0) is 31.2 Å². The normalized spacial score (nSPS) is 15.7. The number of nitrogens with one attached hydrogen (secondary N) is 1. The van der Waals surface area contributed by atoms with E-state index in [4.69, 9.17) is 5.73 Å². The van der Waals surface area contributed by atoms with Crippen LogP contribution in [0.5, 0.6) is 0 Å². The SMILES string of the molecule is CCCC(C)(N)C(=O)NC(CC(C)C)c1ccccc1. The molecule has 0 fully saturated rings. The van der Waals surface area contributed by atoms with Crippen molar-refractivity contribution in [3.05, 3.63) is 35.9 Å². The maximum Gasteiger partial charge on any atom is 0.240 e. The molecular weight excluding hydrogens is 248 g/mol. The van der Waals surface area contributed by atoms with Gasteiger partial charge in [-0.3, -0.25) is 4.79 Å². The molecule has 1 aromatic carbocycles. The molecule has 0 saturated carbocycles. The summed E-state index contributed by atoms with van der Waals surface area (Å²) in [6.07, 6.45) is 2.51. The van der Waals surface area contributed by atoms with Crippen molar-refractivity contribution in [2.24, 2.45) is 11.7 Å². The lowest BCUT2D eigenvalue weighted by Crippen LogP contribution is -2.52. The maximum absolute atomic E-state index is 12.4. The Morgan fingerprint density at radius 1 is 1.30 bits per heavy atom. The van der Waals surface area contributed by atoms with Crippen LogP contribution in [-0.4, -0.2) is 11.4 Å². The van der Waals surface area contributed by atoms with E-state index in [9.17, 15) is 4.79 Å². The Balaban J connectivity index is 2.83. The molecule has 1 rings (SSSR count). The number of hydrogen-bond donors (Lipinski definition) is 2. The van der Waals surface area contributed by atoms with Crippen LogP contribution in [-0.2, 0) is 4.79 Å². The molecule has 2 atom stereocenters. The number of carbonyl (C=O) groups is 1. The molecule has 0 saturated heterocycles. The Bertz CT molecular complexity index is 412. The van der Waals surface area contributed by atoms with Crippen LogP contribution in [0.4, 0.5) is 0 Å². The highest BCUT2D eigenvalue weighted by atomic mass is 16.2. The average Bonchev–Trinajstić information content (AvgIpc) is 2.38. The average molecular weight is 276 g/mol. The monoisotopic (exact) mass is 276 g/mol. The maximum atomic E-state index is 12.4. The second-order valence-electron chi connectivity index (χ2n) is 6.23. The molecule has 0 aliphatic rings. The molecule has 0 aromatic heterocycles. The zero-order valence-electron chi connectivity index (χ0n) is 13.1. The Kier molecular flexibility index (Phi) is 6.21. The van der Waals surface area contributed by atoms with E-state index in [2.05, 4.69) is 31.3 Å². The Hall–Kier alpha value is -1.35. The lowest BCUT2D eigenvalue weighted by atomic mass is 9.93. The first-order chi connectivity index (χ1) is 9.36. The Labute approximate surface area is 122 Å². The highest BCUT2D eigenvalue weighted by molar-refractivity contribution is 5.85. The number of benzene rings is 1. The lowest BCUT2D eigenvalue weighted by molar-refractivity contribution is -0.127. The molecule has 3 heteroatoms. The van der Waals surface area contributed by atoms with E-state index in [-0.39, 0.29) is 11.9 Å². The van der Waals surface area contributed by atoms with Crippen LogP contribution in [0.25, 0.3) is 0 Å². The first kappa shape index (κ1) is 16.7. The van der Waals surface area contributed by atoms with Crippen molar-refractivity contribution < 1.29 is 4.79 Å². The third-order valence-corrected chi connectivity index (χ3v) is 3.50. The third kappa shape index (κ3) is 4.97. The molecule has 112 valence electrons. The Morgan fingerprint density at radius 3 is 2.40 bits per heavy atom. The van der Waals surface area contributed by atoms with E-state index in [0.717, 1.165) is 18.4 Å². The fourth-order valence-corrected chi connectivity index (χ4v) is 2.39. The minimum absolute atomic E-state index is 0.0310. The van der Waals surface area contributed by atoms with E-state index < -0.39 is 5.54 Å². The molecule has 1 amide bonds. The summed E-state index contributed by atoms with van der Waals surface area (Å²) in [4.78, 5) is 12.4.